The predicted octanol–water partition coefficient (Wildman–Crippen LogP) is 2.88. The van der Waals surface area contributed by atoms with Crippen LogP contribution in [0.1, 0.15) is 46.6 Å². The number of carbonyl (C=O) groups is 1. The van der Waals surface area contributed by atoms with Gasteiger partial charge in [-0.2, -0.15) is 0 Å². The fourth-order valence-corrected chi connectivity index (χ4v) is 6.50. The van der Waals surface area contributed by atoms with Crippen molar-refractivity contribution in [3.8, 4) is 0 Å². The highest BCUT2D eigenvalue weighted by atomic mass is 32.1. The Balaban J connectivity index is 1.24. The summed E-state index contributed by atoms with van der Waals surface area (Å²) in [5.74, 6) is 0.481. The van der Waals surface area contributed by atoms with Crippen molar-refractivity contribution in [2.75, 3.05) is 18.4 Å². The van der Waals surface area contributed by atoms with Gasteiger partial charge in [-0.15, -0.1) is 22.7 Å². The van der Waals surface area contributed by atoms with Crippen molar-refractivity contribution in [2.24, 2.45) is 0 Å². The Labute approximate surface area is 176 Å². The zero-order chi connectivity index (χ0) is 20.0. The van der Waals surface area contributed by atoms with Gasteiger partial charge in [-0.1, -0.05) is 6.92 Å². The molecule has 4 heterocycles. The van der Waals surface area contributed by atoms with Crippen LogP contribution in [0, 0.1) is 0 Å². The number of nitrogens with one attached hydrogen (secondary N) is 2. The number of fused-ring (bicyclic) bond motifs is 4. The zero-order valence-corrected chi connectivity index (χ0v) is 18.0. The molecule has 152 valence electrons. The normalized spacial score (nSPS) is 16.2. The minimum Gasteiger partial charge on any atom is -0.310 e. The molecule has 5 rings (SSSR count). The summed E-state index contributed by atoms with van der Waals surface area (Å²) in [5, 5.41) is 4.34. The Morgan fingerprint density at radius 1 is 1.21 bits per heavy atom. The number of thiazole rings is 1. The lowest BCUT2D eigenvalue weighted by Crippen LogP contribution is -2.29. The van der Waals surface area contributed by atoms with Crippen LogP contribution < -0.4 is 10.9 Å². The van der Waals surface area contributed by atoms with Gasteiger partial charge in [0.15, 0.2) is 5.13 Å². The predicted molar refractivity (Wildman–Crippen MR) is 116 cm³/mol. The van der Waals surface area contributed by atoms with E-state index >= 15 is 0 Å². The van der Waals surface area contributed by atoms with Gasteiger partial charge in [0.05, 0.1) is 11.1 Å². The van der Waals surface area contributed by atoms with E-state index in [0.29, 0.717) is 17.4 Å². The van der Waals surface area contributed by atoms with Crippen LogP contribution in [0.4, 0.5) is 5.13 Å². The average molecular weight is 430 g/mol. The van der Waals surface area contributed by atoms with E-state index < -0.39 is 0 Å². The third-order valence-electron chi connectivity index (χ3n) is 5.72. The second kappa shape index (κ2) is 7.62. The third-order valence-corrected chi connectivity index (χ3v) is 7.90. The van der Waals surface area contributed by atoms with Gasteiger partial charge in [0.2, 0.25) is 5.91 Å². The van der Waals surface area contributed by atoms with E-state index in [4.69, 9.17) is 0 Å². The maximum absolute atomic E-state index is 12.5. The number of aromatic amines is 1. The van der Waals surface area contributed by atoms with Crippen molar-refractivity contribution in [3.05, 3.63) is 37.2 Å². The summed E-state index contributed by atoms with van der Waals surface area (Å²) in [7, 11) is 0. The van der Waals surface area contributed by atoms with Crippen LogP contribution in [0.5, 0.6) is 0 Å². The number of aromatic nitrogens is 3. The van der Waals surface area contributed by atoms with Crippen molar-refractivity contribution >= 4 is 43.9 Å². The van der Waals surface area contributed by atoms with E-state index in [0.717, 1.165) is 61.2 Å². The smallest absolute Gasteiger partial charge is 0.259 e. The number of amides is 1. The number of carbonyl (C=O) groups excluding carboxylic acids is 1. The summed E-state index contributed by atoms with van der Waals surface area (Å²) in [6, 6.07) is 0. The highest BCUT2D eigenvalue weighted by Crippen LogP contribution is 2.34. The number of thiophene rings is 1. The van der Waals surface area contributed by atoms with Crippen LogP contribution in [0.2, 0.25) is 0 Å². The first-order valence-corrected chi connectivity index (χ1v) is 11.8. The van der Waals surface area contributed by atoms with E-state index in [-0.39, 0.29) is 17.9 Å². The maximum atomic E-state index is 12.5. The highest BCUT2D eigenvalue weighted by molar-refractivity contribution is 7.18. The van der Waals surface area contributed by atoms with E-state index in [1.807, 2.05) is 0 Å². The number of H-pyrrole nitrogens is 1. The summed E-state index contributed by atoms with van der Waals surface area (Å²) in [5.41, 5.74) is 2.22. The molecule has 0 saturated heterocycles. The molecule has 1 amide bonds. The number of anilines is 1. The summed E-state index contributed by atoms with van der Waals surface area (Å²) in [4.78, 5) is 42.7. The molecule has 3 aromatic heterocycles. The van der Waals surface area contributed by atoms with Crippen LogP contribution in [0.3, 0.4) is 0 Å². The van der Waals surface area contributed by atoms with E-state index in [2.05, 4.69) is 32.1 Å². The van der Waals surface area contributed by atoms with Gasteiger partial charge in [-0.05, 0) is 31.4 Å². The zero-order valence-electron chi connectivity index (χ0n) is 16.3. The molecule has 0 radical (unpaired) electrons. The number of likely N-dealkylation sites (N-methyl/N-ethyl adjacent to an activating group) is 1. The molecular formula is C20H23N5O2S2. The first-order valence-electron chi connectivity index (χ1n) is 10.1. The Morgan fingerprint density at radius 3 is 2.97 bits per heavy atom. The van der Waals surface area contributed by atoms with Crippen molar-refractivity contribution in [1.29, 1.82) is 0 Å². The molecule has 0 atom stereocenters. The topological polar surface area (TPSA) is 91.0 Å². The summed E-state index contributed by atoms with van der Waals surface area (Å²) >= 11 is 3.19. The molecule has 2 aliphatic rings. The van der Waals surface area contributed by atoms with Crippen molar-refractivity contribution < 1.29 is 4.79 Å². The van der Waals surface area contributed by atoms with Gasteiger partial charge in [0.25, 0.3) is 5.56 Å². The average Bonchev–Trinajstić information content (AvgIpc) is 3.39. The molecule has 3 aromatic rings. The number of hydrogen-bond donors (Lipinski definition) is 2. The quantitative estimate of drug-likeness (QED) is 0.651. The van der Waals surface area contributed by atoms with Gasteiger partial charge in [0, 0.05) is 42.1 Å². The Hall–Kier alpha value is -2.10. The fourth-order valence-electron chi connectivity index (χ4n) is 4.15. The molecule has 2 N–H and O–H groups in total. The van der Waals surface area contributed by atoms with E-state index in [1.165, 1.54) is 15.3 Å². The lowest BCUT2D eigenvalue weighted by atomic mass is 10.2. The largest absolute Gasteiger partial charge is 0.310 e. The van der Waals surface area contributed by atoms with Gasteiger partial charge < -0.3 is 10.3 Å². The van der Waals surface area contributed by atoms with Gasteiger partial charge in [-0.25, -0.2) is 9.97 Å². The molecular weight excluding hydrogens is 406 g/mol. The molecule has 0 saturated carbocycles. The number of rotatable bonds is 5. The standard InChI is InChI=1S/C20H23N5O2S2/c1-2-25-9-8-12-14(10-25)29-20(21-12)24-16(26)7-6-15-22-18(27)17-11-4-3-5-13(11)28-19(17)23-15/h2-10H2,1H3,(H,21,24,26)(H,22,23,27). The maximum Gasteiger partial charge on any atom is 0.259 e. The minimum absolute atomic E-state index is 0.0714. The van der Waals surface area contributed by atoms with Crippen molar-refractivity contribution in [1.82, 2.24) is 19.9 Å². The van der Waals surface area contributed by atoms with Crippen LogP contribution in [0.25, 0.3) is 10.2 Å². The highest BCUT2D eigenvalue weighted by Gasteiger charge is 2.22. The van der Waals surface area contributed by atoms with E-state index in [9.17, 15) is 9.59 Å². The molecule has 29 heavy (non-hydrogen) atoms. The summed E-state index contributed by atoms with van der Waals surface area (Å²) in [6.45, 7) is 5.12. The monoisotopic (exact) mass is 429 g/mol. The SMILES string of the molecule is CCN1CCc2nc(NC(=O)CCc3nc4sc5c(c4c(=O)[nH]3)CCC5)sc2C1. The molecule has 0 fully saturated rings. The van der Waals surface area contributed by atoms with Gasteiger partial charge >= 0.3 is 0 Å². The number of hydrogen-bond acceptors (Lipinski definition) is 7. The Kier molecular flexibility index (Phi) is 4.97. The summed E-state index contributed by atoms with van der Waals surface area (Å²) in [6.07, 6.45) is 4.75. The molecule has 1 aliphatic heterocycles. The first-order chi connectivity index (χ1) is 14.1. The Bertz CT molecular complexity index is 1150. The lowest BCUT2D eigenvalue weighted by molar-refractivity contribution is -0.116. The fraction of sp³-hybridized carbons (Fsp3) is 0.500. The summed E-state index contributed by atoms with van der Waals surface area (Å²) < 4.78 is 0. The molecule has 1 aliphatic carbocycles. The van der Waals surface area contributed by atoms with Gasteiger partial charge in [0.1, 0.15) is 10.7 Å². The molecule has 0 spiro atoms. The van der Waals surface area contributed by atoms with Crippen LogP contribution >= 0.6 is 22.7 Å². The van der Waals surface area contributed by atoms with Crippen molar-refractivity contribution in [3.63, 3.8) is 0 Å². The van der Waals surface area contributed by atoms with Gasteiger partial charge in [-0.3, -0.25) is 14.5 Å². The second-order valence-electron chi connectivity index (χ2n) is 7.61. The van der Waals surface area contributed by atoms with Crippen LogP contribution in [-0.4, -0.2) is 38.8 Å². The molecule has 0 aromatic carbocycles. The second-order valence-corrected chi connectivity index (χ2v) is 9.77. The molecule has 7 nitrogen and oxygen atoms in total. The van der Waals surface area contributed by atoms with Crippen molar-refractivity contribution in [2.45, 2.75) is 52.0 Å². The number of nitrogens with zero attached hydrogens (tertiary/aromatic N) is 3. The third kappa shape index (κ3) is 3.62. The molecule has 0 unspecified atom stereocenters. The van der Waals surface area contributed by atoms with Crippen LogP contribution in [0.15, 0.2) is 4.79 Å². The molecule has 0 bridgehead atoms. The van der Waals surface area contributed by atoms with E-state index in [1.54, 1.807) is 22.7 Å². The minimum atomic E-state index is -0.0973. The van der Waals surface area contributed by atoms with Crippen LogP contribution in [-0.2, 0) is 37.0 Å². The first kappa shape index (κ1) is 18.9. The number of aryl methyl sites for hydroxylation is 3. The Morgan fingerprint density at radius 2 is 2.10 bits per heavy atom. The molecule has 9 heteroatoms. The lowest BCUT2D eigenvalue weighted by Gasteiger charge is -2.23.